The van der Waals surface area contributed by atoms with Crippen molar-refractivity contribution in [2.75, 3.05) is 5.32 Å². The van der Waals surface area contributed by atoms with Gasteiger partial charge in [0.05, 0.1) is 6.20 Å². The lowest BCUT2D eigenvalue weighted by Gasteiger charge is -2.05. The molecular weight excluding hydrogens is 408 g/mol. The Morgan fingerprint density at radius 2 is 2.13 bits per heavy atom. The fourth-order valence-electron chi connectivity index (χ4n) is 2.67. The Bertz CT molecular complexity index is 1200. The molecule has 30 heavy (non-hydrogen) atoms. The zero-order valence-corrected chi connectivity index (χ0v) is 16.9. The molecule has 3 aromatic heterocycles. The quantitative estimate of drug-likeness (QED) is 0.484. The molecule has 152 valence electrons. The average Bonchev–Trinajstić information content (AvgIpc) is 3.37. The lowest BCUT2D eigenvalue weighted by molar-refractivity contribution is 0.0916. The minimum atomic E-state index is -0.439. The molecule has 0 aliphatic carbocycles. The van der Waals surface area contributed by atoms with Crippen molar-refractivity contribution in [3.8, 4) is 11.4 Å². The lowest BCUT2D eigenvalue weighted by atomic mass is 10.2. The van der Waals surface area contributed by atoms with E-state index in [4.69, 9.17) is 16.0 Å². The summed E-state index contributed by atoms with van der Waals surface area (Å²) < 4.78 is 5.35. The van der Waals surface area contributed by atoms with Crippen LogP contribution >= 0.6 is 11.6 Å². The number of benzene rings is 1. The molecule has 11 heteroatoms. The molecule has 0 radical (unpaired) electrons. The molecule has 10 nitrogen and oxygen atoms in total. The second-order valence-electron chi connectivity index (χ2n) is 6.42. The van der Waals surface area contributed by atoms with Crippen LogP contribution in [0.15, 0.2) is 47.3 Å². The van der Waals surface area contributed by atoms with E-state index in [0.29, 0.717) is 34.7 Å². The molecule has 0 saturated heterocycles. The first-order chi connectivity index (χ1) is 14.5. The highest BCUT2D eigenvalue weighted by Gasteiger charge is 2.17. The van der Waals surface area contributed by atoms with Crippen LogP contribution in [-0.2, 0) is 13.6 Å². The number of aryl methyl sites for hydroxylation is 2. The number of hydrogen-bond acceptors (Lipinski definition) is 8. The summed E-state index contributed by atoms with van der Waals surface area (Å²) in [6.45, 7) is 2.14. The normalized spacial score (nSPS) is 10.8. The average molecular weight is 425 g/mol. The number of carbonyl (C=O) groups is 1. The van der Waals surface area contributed by atoms with Crippen molar-refractivity contribution in [3.63, 3.8) is 0 Å². The summed E-state index contributed by atoms with van der Waals surface area (Å²) in [7, 11) is 1.71. The molecule has 0 fully saturated rings. The Hall–Kier alpha value is -3.79. The van der Waals surface area contributed by atoms with Gasteiger partial charge in [-0.2, -0.15) is 9.90 Å². The standard InChI is InChI=1S/C19H17ClN8O2/c1-11-7-22-19(25-15-9-23-28(2)27-15)26-16(11)14-10-30-18(24-14)17(29)21-8-12-4-3-5-13(20)6-12/h3-7,9-10H,8H2,1-2H3,(H,21,29)(H,22,25,26,27). The molecule has 0 spiro atoms. The molecule has 4 aromatic rings. The molecular formula is C19H17ClN8O2. The van der Waals surface area contributed by atoms with Crippen molar-refractivity contribution in [3.05, 3.63) is 65.0 Å². The number of amides is 1. The molecule has 3 heterocycles. The number of nitrogens with zero attached hydrogens (tertiary/aromatic N) is 6. The first-order valence-electron chi connectivity index (χ1n) is 8.93. The smallest absolute Gasteiger partial charge is 0.307 e. The summed E-state index contributed by atoms with van der Waals surface area (Å²) in [6.07, 6.45) is 4.59. The van der Waals surface area contributed by atoms with E-state index in [1.807, 2.05) is 19.1 Å². The number of rotatable bonds is 6. The van der Waals surface area contributed by atoms with E-state index >= 15 is 0 Å². The molecule has 0 aliphatic heterocycles. The van der Waals surface area contributed by atoms with Crippen molar-refractivity contribution >= 4 is 29.3 Å². The number of oxazole rings is 1. The number of carbonyl (C=O) groups excluding carboxylic acids is 1. The summed E-state index contributed by atoms with van der Waals surface area (Å²) in [5, 5.41) is 14.4. The second-order valence-corrected chi connectivity index (χ2v) is 6.86. The van der Waals surface area contributed by atoms with Crippen LogP contribution < -0.4 is 10.6 Å². The molecule has 0 atom stereocenters. The van der Waals surface area contributed by atoms with E-state index in [1.165, 1.54) is 11.1 Å². The fraction of sp³-hybridized carbons (Fsp3) is 0.158. The molecule has 0 saturated carbocycles. The maximum absolute atomic E-state index is 12.4. The van der Waals surface area contributed by atoms with Gasteiger partial charge in [0.25, 0.3) is 5.89 Å². The van der Waals surface area contributed by atoms with Gasteiger partial charge in [0, 0.05) is 24.8 Å². The molecule has 0 unspecified atom stereocenters. The number of hydrogen-bond donors (Lipinski definition) is 2. The van der Waals surface area contributed by atoms with E-state index in [9.17, 15) is 4.79 Å². The molecule has 0 bridgehead atoms. The van der Waals surface area contributed by atoms with E-state index in [0.717, 1.165) is 11.1 Å². The van der Waals surface area contributed by atoms with Crippen LogP contribution in [0.4, 0.5) is 11.8 Å². The molecule has 0 aliphatic rings. The van der Waals surface area contributed by atoms with E-state index in [2.05, 4.69) is 35.8 Å². The Labute approximate surface area is 176 Å². The van der Waals surface area contributed by atoms with Crippen molar-refractivity contribution < 1.29 is 9.21 Å². The summed E-state index contributed by atoms with van der Waals surface area (Å²) in [5.41, 5.74) is 2.60. The number of halogens is 1. The second kappa shape index (κ2) is 8.29. The molecule has 2 N–H and O–H groups in total. The van der Waals surface area contributed by atoms with Gasteiger partial charge < -0.3 is 15.1 Å². The minimum absolute atomic E-state index is 0.0616. The molecule has 4 rings (SSSR count). The van der Waals surface area contributed by atoms with Crippen molar-refractivity contribution in [2.24, 2.45) is 7.05 Å². The van der Waals surface area contributed by atoms with Gasteiger partial charge in [-0.15, -0.1) is 5.10 Å². The predicted octanol–water partition coefficient (Wildman–Crippen LogP) is 2.90. The van der Waals surface area contributed by atoms with Gasteiger partial charge in [0.2, 0.25) is 5.95 Å². The van der Waals surface area contributed by atoms with Gasteiger partial charge in [-0.05, 0) is 30.2 Å². The molecule has 1 aromatic carbocycles. The monoisotopic (exact) mass is 424 g/mol. The van der Waals surface area contributed by atoms with Crippen LogP contribution in [0.2, 0.25) is 5.02 Å². The Morgan fingerprint density at radius 1 is 1.27 bits per heavy atom. The first kappa shape index (κ1) is 19.5. The SMILES string of the molecule is Cc1cnc(Nc2cnn(C)n2)nc1-c1coc(C(=O)NCc2cccc(Cl)c2)n1. The van der Waals surface area contributed by atoms with E-state index < -0.39 is 5.91 Å². The maximum Gasteiger partial charge on any atom is 0.307 e. The van der Waals surface area contributed by atoms with Gasteiger partial charge in [-0.3, -0.25) is 4.79 Å². The highest BCUT2D eigenvalue weighted by Crippen LogP contribution is 2.22. The van der Waals surface area contributed by atoms with Crippen molar-refractivity contribution in [2.45, 2.75) is 13.5 Å². The van der Waals surface area contributed by atoms with Crippen LogP contribution in [0, 0.1) is 6.92 Å². The topological polar surface area (TPSA) is 124 Å². The third kappa shape index (κ3) is 4.44. The Balaban J connectivity index is 1.48. The zero-order valence-electron chi connectivity index (χ0n) is 16.1. The summed E-state index contributed by atoms with van der Waals surface area (Å²) in [6, 6.07) is 7.23. The highest BCUT2D eigenvalue weighted by atomic mass is 35.5. The van der Waals surface area contributed by atoms with Crippen LogP contribution in [-0.4, -0.2) is 35.9 Å². The van der Waals surface area contributed by atoms with Crippen LogP contribution in [0.1, 0.15) is 21.8 Å². The molecule has 1 amide bonds. The Morgan fingerprint density at radius 3 is 2.90 bits per heavy atom. The fourth-order valence-corrected chi connectivity index (χ4v) is 2.88. The number of nitrogens with one attached hydrogen (secondary N) is 2. The predicted molar refractivity (Wildman–Crippen MR) is 109 cm³/mol. The van der Waals surface area contributed by atoms with Crippen molar-refractivity contribution in [1.29, 1.82) is 0 Å². The largest absolute Gasteiger partial charge is 0.440 e. The van der Waals surface area contributed by atoms with Crippen LogP contribution in [0.5, 0.6) is 0 Å². The highest BCUT2D eigenvalue weighted by molar-refractivity contribution is 6.30. The zero-order chi connectivity index (χ0) is 21.1. The number of aromatic nitrogens is 6. The number of anilines is 2. The van der Waals surface area contributed by atoms with Crippen LogP contribution in [0.3, 0.4) is 0 Å². The lowest BCUT2D eigenvalue weighted by Crippen LogP contribution is -2.23. The Kier molecular flexibility index (Phi) is 5.40. The van der Waals surface area contributed by atoms with Crippen LogP contribution in [0.25, 0.3) is 11.4 Å². The third-order valence-corrected chi connectivity index (χ3v) is 4.33. The van der Waals surface area contributed by atoms with Gasteiger partial charge >= 0.3 is 5.91 Å². The van der Waals surface area contributed by atoms with Gasteiger partial charge in [0.15, 0.2) is 5.82 Å². The van der Waals surface area contributed by atoms with Gasteiger partial charge in [0.1, 0.15) is 17.7 Å². The minimum Gasteiger partial charge on any atom is -0.440 e. The summed E-state index contributed by atoms with van der Waals surface area (Å²) in [4.78, 5) is 26.8. The first-order valence-corrected chi connectivity index (χ1v) is 9.31. The summed E-state index contributed by atoms with van der Waals surface area (Å²) in [5.74, 6) is 0.332. The third-order valence-electron chi connectivity index (χ3n) is 4.09. The van der Waals surface area contributed by atoms with Gasteiger partial charge in [-0.1, -0.05) is 23.7 Å². The summed E-state index contributed by atoms with van der Waals surface area (Å²) >= 11 is 5.96. The van der Waals surface area contributed by atoms with E-state index in [-0.39, 0.29) is 5.89 Å². The maximum atomic E-state index is 12.4. The van der Waals surface area contributed by atoms with E-state index in [1.54, 1.807) is 31.6 Å². The van der Waals surface area contributed by atoms with Crippen molar-refractivity contribution in [1.82, 2.24) is 35.3 Å². The van der Waals surface area contributed by atoms with Gasteiger partial charge in [-0.25, -0.2) is 15.0 Å².